The molecule has 0 aromatic heterocycles. The number of amides is 1. The predicted octanol–water partition coefficient (Wildman–Crippen LogP) is 3.69. The van der Waals surface area contributed by atoms with Crippen LogP contribution < -0.4 is 11.1 Å². The van der Waals surface area contributed by atoms with Crippen molar-refractivity contribution in [1.82, 2.24) is 0 Å². The SMILES string of the molecule is COC(=O)CCc1ccc(-c2ccccc2C(=O)Nc2ccc(C(=N)N)cc2)c(C(=O)O)c1. The van der Waals surface area contributed by atoms with Crippen molar-refractivity contribution in [3.63, 3.8) is 0 Å². The first-order chi connectivity index (χ1) is 15.8. The number of amidine groups is 1. The number of carbonyl (C=O) groups excluding carboxylic acids is 2. The summed E-state index contributed by atoms with van der Waals surface area (Å²) in [6.45, 7) is 0. The summed E-state index contributed by atoms with van der Waals surface area (Å²) < 4.78 is 4.64. The first-order valence-electron chi connectivity index (χ1n) is 10.1. The number of anilines is 1. The van der Waals surface area contributed by atoms with E-state index in [9.17, 15) is 19.5 Å². The molecule has 3 aromatic rings. The molecule has 168 valence electrons. The summed E-state index contributed by atoms with van der Waals surface area (Å²) in [5, 5.41) is 20.0. The minimum atomic E-state index is -1.14. The maximum Gasteiger partial charge on any atom is 0.336 e. The fourth-order valence-electron chi connectivity index (χ4n) is 3.35. The number of carboxylic acid groups (broad SMARTS) is 1. The highest BCUT2D eigenvalue weighted by molar-refractivity contribution is 6.10. The van der Waals surface area contributed by atoms with Crippen LogP contribution in [0.3, 0.4) is 0 Å². The number of nitrogens with one attached hydrogen (secondary N) is 2. The van der Waals surface area contributed by atoms with E-state index in [4.69, 9.17) is 11.1 Å². The standard InChI is InChI=1S/C25H23N3O5/c1-33-22(29)13-7-15-6-12-19(21(14-15)25(31)32)18-4-2-3-5-20(18)24(30)28-17-10-8-16(9-11-17)23(26)27/h2-6,8-12,14H,7,13H2,1H3,(H3,26,27)(H,28,30)(H,31,32). The monoisotopic (exact) mass is 445 g/mol. The van der Waals surface area contributed by atoms with Crippen LogP contribution in [-0.4, -0.2) is 35.9 Å². The molecular weight excluding hydrogens is 422 g/mol. The number of hydrogen-bond donors (Lipinski definition) is 4. The van der Waals surface area contributed by atoms with Gasteiger partial charge in [-0.05, 0) is 59.5 Å². The largest absolute Gasteiger partial charge is 0.478 e. The fourth-order valence-corrected chi connectivity index (χ4v) is 3.35. The molecule has 0 aliphatic heterocycles. The summed E-state index contributed by atoms with van der Waals surface area (Å²) in [4.78, 5) is 36.4. The Labute approximate surface area is 190 Å². The summed E-state index contributed by atoms with van der Waals surface area (Å²) in [7, 11) is 1.30. The van der Waals surface area contributed by atoms with Crippen LogP contribution in [0.5, 0.6) is 0 Å². The van der Waals surface area contributed by atoms with Crippen molar-refractivity contribution in [3.8, 4) is 11.1 Å². The number of carbonyl (C=O) groups is 3. The van der Waals surface area contributed by atoms with E-state index in [2.05, 4.69) is 10.1 Å². The third-order valence-electron chi connectivity index (χ3n) is 5.08. The molecule has 3 rings (SSSR count). The van der Waals surface area contributed by atoms with Gasteiger partial charge < -0.3 is 20.9 Å². The number of benzene rings is 3. The molecule has 0 bridgehead atoms. The van der Waals surface area contributed by atoms with E-state index in [1.165, 1.54) is 13.2 Å². The normalized spacial score (nSPS) is 10.3. The van der Waals surface area contributed by atoms with Gasteiger partial charge >= 0.3 is 11.9 Å². The summed E-state index contributed by atoms with van der Waals surface area (Å²) in [6.07, 6.45) is 0.474. The zero-order chi connectivity index (χ0) is 24.0. The average Bonchev–Trinajstić information content (AvgIpc) is 2.82. The average molecular weight is 445 g/mol. The molecule has 0 aliphatic rings. The maximum atomic E-state index is 13.0. The number of nitrogens with two attached hydrogens (primary N) is 1. The van der Waals surface area contributed by atoms with E-state index in [1.54, 1.807) is 60.7 Å². The van der Waals surface area contributed by atoms with Crippen LogP contribution in [0.25, 0.3) is 11.1 Å². The van der Waals surface area contributed by atoms with Gasteiger partial charge in [0.05, 0.1) is 12.7 Å². The van der Waals surface area contributed by atoms with Crippen LogP contribution >= 0.6 is 0 Å². The van der Waals surface area contributed by atoms with Gasteiger partial charge in [-0.2, -0.15) is 0 Å². The number of carboxylic acids is 1. The number of rotatable bonds is 8. The Bertz CT molecular complexity index is 1220. The lowest BCUT2D eigenvalue weighted by molar-refractivity contribution is -0.140. The van der Waals surface area contributed by atoms with E-state index in [-0.39, 0.29) is 23.8 Å². The smallest absolute Gasteiger partial charge is 0.336 e. The quantitative estimate of drug-likeness (QED) is 0.237. The molecule has 8 heteroatoms. The fraction of sp³-hybridized carbons (Fsp3) is 0.120. The van der Waals surface area contributed by atoms with Crippen molar-refractivity contribution in [2.75, 3.05) is 12.4 Å². The molecule has 5 N–H and O–H groups in total. The topological polar surface area (TPSA) is 143 Å². The minimum Gasteiger partial charge on any atom is -0.478 e. The van der Waals surface area contributed by atoms with Crippen molar-refractivity contribution < 1.29 is 24.2 Å². The third kappa shape index (κ3) is 5.62. The molecule has 0 unspecified atom stereocenters. The molecule has 0 fully saturated rings. The van der Waals surface area contributed by atoms with E-state index in [0.29, 0.717) is 39.9 Å². The van der Waals surface area contributed by atoms with Gasteiger partial charge in [0.2, 0.25) is 0 Å². The number of aryl methyl sites for hydroxylation is 1. The molecule has 0 aliphatic carbocycles. The minimum absolute atomic E-state index is 0.0310. The lowest BCUT2D eigenvalue weighted by atomic mass is 9.92. The zero-order valence-electron chi connectivity index (χ0n) is 17.9. The number of ether oxygens (including phenoxy) is 1. The maximum absolute atomic E-state index is 13.0. The Kier molecular flexibility index (Phi) is 7.20. The van der Waals surface area contributed by atoms with E-state index >= 15 is 0 Å². The molecular formula is C25H23N3O5. The van der Waals surface area contributed by atoms with Crippen LogP contribution in [0, 0.1) is 5.41 Å². The Morgan fingerprint density at radius 3 is 2.27 bits per heavy atom. The summed E-state index contributed by atoms with van der Waals surface area (Å²) in [6, 6.07) is 18.1. The summed E-state index contributed by atoms with van der Waals surface area (Å²) in [5.74, 6) is -2.00. The second-order valence-corrected chi connectivity index (χ2v) is 7.25. The summed E-state index contributed by atoms with van der Waals surface area (Å²) in [5.41, 5.74) is 8.37. The predicted molar refractivity (Wildman–Crippen MR) is 125 cm³/mol. The van der Waals surface area contributed by atoms with Gasteiger partial charge in [0.15, 0.2) is 0 Å². The number of nitrogen functional groups attached to an aromatic ring is 1. The molecule has 0 saturated carbocycles. The number of methoxy groups -OCH3 is 1. The van der Waals surface area contributed by atoms with Crippen LogP contribution in [0.4, 0.5) is 5.69 Å². The number of aromatic carboxylic acids is 1. The van der Waals surface area contributed by atoms with Crippen LogP contribution in [0.1, 0.15) is 38.3 Å². The molecule has 0 spiro atoms. The van der Waals surface area contributed by atoms with Gasteiger partial charge in [-0.3, -0.25) is 15.0 Å². The Morgan fingerprint density at radius 2 is 1.64 bits per heavy atom. The van der Waals surface area contributed by atoms with Gasteiger partial charge in [-0.1, -0.05) is 30.3 Å². The molecule has 33 heavy (non-hydrogen) atoms. The van der Waals surface area contributed by atoms with Crippen molar-refractivity contribution in [2.24, 2.45) is 5.73 Å². The molecule has 0 atom stereocenters. The zero-order valence-corrected chi connectivity index (χ0v) is 17.9. The molecule has 8 nitrogen and oxygen atoms in total. The molecule has 3 aromatic carbocycles. The Balaban J connectivity index is 1.92. The first-order valence-corrected chi connectivity index (χ1v) is 10.1. The van der Waals surface area contributed by atoms with Gasteiger partial charge in [0, 0.05) is 23.2 Å². The third-order valence-corrected chi connectivity index (χ3v) is 5.08. The van der Waals surface area contributed by atoms with Crippen LogP contribution in [-0.2, 0) is 16.0 Å². The molecule has 0 heterocycles. The number of hydrogen-bond acceptors (Lipinski definition) is 5. The highest BCUT2D eigenvalue weighted by Gasteiger charge is 2.19. The second-order valence-electron chi connectivity index (χ2n) is 7.25. The Hall–Kier alpha value is -4.46. The first kappa shape index (κ1) is 23.2. The van der Waals surface area contributed by atoms with Gasteiger partial charge in [-0.25, -0.2) is 4.79 Å². The van der Waals surface area contributed by atoms with Crippen LogP contribution in [0.15, 0.2) is 66.7 Å². The van der Waals surface area contributed by atoms with E-state index < -0.39 is 11.9 Å². The molecule has 1 amide bonds. The lowest BCUT2D eigenvalue weighted by Crippen LogP contribution is -2.15. The highest BCUT2D eigenvalue weighted by Crippen LogP contribution is 2.29. The second kappa shape index (κ2) is 10.2. The summed E-state index contributed by atoms with van der Waals surface area (Å²) >= 11 is 0. The van der Waals surface area contributed by atoms with Crippen LogP contribution in [0.2, 0.25) is 0 Å². The highest BCUT2D eigenvalue weighted by atomic mass is 16.5. The van der Waals surface area contributed by atoms with Crippen molar-refractivity contribution in [1.29, 1.82) is 5.41 Å². The van der Waals surface area contributed by atoms with Gasteiger partial charge in [0.1, 0.15) is 5.84 Å². The van der Waals surface area contributed by atoms with Crippen molar-refractivity contribution >= 4 is 29.4 Å². The van der Waals surface area contributed by atoms with Crippen molar-refractivity contribution in [3.05, 3.63) is 89.0 Å². The lowest BCUT2D eigenvalue weighted by Gasteiger charge is -2.14. The van der Waals surface area contributed by atoms with E-state index in [1.807, 2.05) is 0 Å². The molecule has 0 radical (unpaired) electrons. The van der Waals surface area contributed by atoms with Crippen molar-refractivity contribution in [2.45, 2.75) is 12.8 Å². The Morgan fingerprint density at radius 1 is 0.970 bits per heavy atom. The number of esters is 1. The van der Waals surface area contributed by atoms with Gasteiger partial charge in [0.25, 0.3) is 5.91 Å². The van der Waals surface area contributed by atoms with Gasteiger partial charge in [-0.15, -0.1) is 0 Å². The van der Waals surface area contributed by atoms with E-state index in [0.717, 1.165) is 0 Å². The molecule has 0 saturated heterocycles.